The Hall–Kier alpha value is -1.02. The van der Waals surface area contributed by atoms with Crippen molar-refractivity contribution in [3.63, 3.8) is 0 Å². The predicted molar refractivity (Wildman–Crippen MR) is 235 cm³/mol. The van der Waals surface area contributed by atoms with E-state index in [-0.39, 0.29) is 23.7 Å². The van der Waals surface area contributed by atoms with Gasteiger partial charge in [-0.3, -0.25) is 0 Å². The lowest BCUT2D eigenvalue weighted by atomic mass is 9.34. The molecule has 0 radical (unpaired) electrons. The van der Waals surface area contributed by atoms with Crippen LogP contribution in [0.5, 0.6) is 0 Å². The van der Waals surface area contributed by atoms with Crippen molar-refractivity contribution in [2.45, 2.75) is 223 Å². The molecule has 0 aromatic rings. The van der Waals surface area contributed by atoms with Crippen LogP contribution < -0.4 is 0 Å². The molecule has 1 unspecified atom stereocenters. The number of aliphatic hydroxyl groups is 13. The zero-order valence-corrected chi connectivity index (χ0v) is 40.3. The molecule has 388 valence electrons. The summed E-state index contributed by atoms with van der Waals surface area (Å²) in [7, 11) is 0. The van der Waals surface area contributed by atoms with Crippen LogP contribution in [0.2, 0.25) is 0 Å². The van der Waals surface area contributed by atoms with Crippen LogP contribution in [0.4, 0.5) is 0 Å². The van der Waals surface area contributed by atoms with Gasteiger partial charge in [-0.05, 0) is 117 Å². The number of ether oxygens (including phenoxy) is 6. The van der Waals surface area contributed by atoms with Crippen molar-refractivity contribution in [2.24, 2.45) is 45.3 Å². The van der Waals surface area contributed by atoms with Gasteiger partial charge in [0.05, 0.1) is 43.7 Å². The smallest absolute Gasteiger partial charge is 0.187 e. The first-order valence-corrected chi connectivity index (χ1v) is 24.5. The van der Waals surface area contributed by atoms with Crippen LogP contribution in [0.15, 0.2) is 11.6 Å². The summed E-state index contributed by atoms with van der Waals surface area (Å²) >= 11 is 0. The number of aliphatic hydroxyl groups excluding tert-OH is 13. The molecule has 4 saturated carbocycles. The van der Waals surface area contributed by atoms with Gasteiger partial charge in [-0.25, -0.2) is 0 Å². The Balaban J connectivity index is 1.21. The molecule has 0 aromatic carbocycles. The zero-order valence-electron chi connectivity index (χ0n) is 40.3. The Morgan fingerprint density at radius 2 is 1.18 bits per heavy atom. The van der Waals surface area contributed by atoms with Gasteiger partial charge in [0.2, 0.25) is 0 Å². The second kappa shape index (κ2) is 19.8. The van der Waals surface area contributed by atoms with E-state index in [1.54, 1.807) is 0 Å². The number of fused-ring (bicyclic) bond motifs is 5. The van der Waals surface area contributed by atoms with E-state index >= 15 is 0 Å². The SMILES string of the molecule is CC(C)=CCC[C@](C)(O[C@@H]1O[C@H](CO)[C@@H](O)[C@H](O)[C@H]1O)[C@H]1CC[C@]2(C)[C@@H]1[C@H](O)C[C@@H]1[C@@]3(C)CC[C@H](O)C(C)(C)C3[C@@H](O[C@@H]3O[C@H](CO)[C@@H](O[C@H]4O[C@H](CO)[C@@H](O)[C@H](O)[C@H]4O)[C@H](O)[C@H]3O)C[C@]12C. The molecule has 0 bridgehead atoms. The quantitative estimate of drug-likeness (QED) is 0.0773. The Kier molecular flexibility index (Phi) is 15.9. The van der Waals surface area contributed by atoms with Crippen LogP contribution in [0.3, 0.4) is 0 Å². The molecule has 26 atom stereocenters. The normalized spacial score (nSPS) is 52.9. The standard InChI is InChI=1S/C48H82O19/c1-21(2)10-9-13-48(8,67-43-37(60)34(57)32(55)26(19-50)64-43)22-11-15-46(6)30(22)23(52)16-28-45(5)14-12-29(53)44(3,4)40(45)24(17-47(28,46)7)62-41-38(61)35(58)39(27(20-51)65-41)66-42-36(59)33(56)31(54)25(18-49)63-42/h10,22-43,49-61H,9,11-20H2,1-8H3/t22-,23+,24-,25+,26+,27+,28+,29-,30-,31+,32+,33-,34-,35+,36+,37+,38+,39+,40?,41+,42+,43-,45+,46+,47+,48-/m0/s1. The lowest BCUT2D eigenvalue weighted by Crippen LogP contribution is -2.71. The van der Waals surface area contributed by atoms with Crippen LogP contribution in [-0.4, -0.2) is 202 Å². The maximum absolute atomic E-state index is 12.7. The van der Waals surface area contributed by atoms with Crippen molar-refractivity contribution in [1.82, 2.24) is 0 Å². The number of hydrogen-bond donors (Lipinski definition) is 13. The average molecular weight is 963 g/mol. The lowest BCUT2D eigenvalue weighted by molar-refractivity contribution is -0.374. The maximum Gasteiger partial charge on any atom is 0.187 e. The van der Waals surface area contributed by atoms with Crippen LogP contribution in [-0.2, 0) is 28.4 Å². The largest absolute Gasteiger partial charge is 0.394 e. The summed E-state index contributed by atoms with van der Waals surface area (Å²) in [5.41, 5.74) is -2.41. The summed E-state index contributed by atoms with van der Waals surface area (Å²) in [5, 5.41) is 142. The minimum absolute atomic E-state index is 0.0841. The second-order valence-electron chi connectivity index (χ2n) is 23.1. The van der Waals surface area contributed by atoms with Gasteiger partial charge >= 0.3 is 0 Å². The third-order valence-electron chi connectivity index (χ3n) is 18.7. The highest BCUT2D eigenvalue weighted by Crippen LogP contribution is 2.76. The van der Waals surface area contributed by atoms with Crippen molar-refractivity contribution in [3.8, 4) is 0 Å². The van der Waals surface area contributed by atoms with Gasteiger partial charge in [-0.15, -0.1) is 0 Å². The molecule has 3 aliphatic heterocycles. The van der Waals surface area contributed by atoms with E-state index in [0.717, 1.165) is 5.57 Å². The molecule has 13 N–H and O–H groups in total. The summed E-state index contributed by atoms with van der Waals surface area (Å²) in [6, 6.07) is 0. The van der Waals surface area contributed by atoms with Crippen LogP contribution in [0, 0.1) is 45.3 Å². The van der Waals surface area contributed by atoms with E-state index in [9.17, 15) is 66.4 Å². The minimum Gasteiger partial charge on any atom is -0.394 e. The van der Waals surface area contributed by atoms with Gasteiger partial charge in [-0.1, -0.05) is 46.3 Å². The third-order valence-corrected chi connectivity index (χ3v) is 18.7. The van der Waals surface area contributed by atoms with Crippen LogP contribution in [0.25, 0.3) is 0 Å². The van der Waals surface area contributed by atoms with Gasteiger partial charge in [-0.2, -0.15) is 0 Å². The van der Waals surface area contributed by atoms with Gasteiger partial charge in [0.15, 0.2) is 18.9 Å². The van der Waals surface area contributed by atoms with Crippen LogP contribution in [0.1, 0.15) is 107 Å². The molecule has 19 heteroatoms. The Morgan fingerprint density at radius 1 is 0.642 bits per heavy atom. The van der Waals surface area contributed by atoms with E-state index in [4.69, 9.17) is 28.4 Å². The summed E-state index contributed by atoms with van der Waals surface area (Å²) in [5.74, 6) is -1.11. The van der Waals surface area contributed by atoms with Crippen molar-refractivity contribution in [2.75, 3.05) is 19.8 Å². The summed E-state index contributed by atoms with van der Waals surface area (Å²) in [4.78, 5) is 0. The van der Waals surface area contributed by atoms with E-state index in [2.05, 4.69) is 26.8 Å². The Bertz CT molecular complexity index is 1710. The lowest BCUT2D eigenvalue weighted by Gasteiger charge is -2.72. The summed E-state index contributed by atoms with van der Waals surface area (Å²) in [6.07, 6.45) is -19.6. The van der Waals surface area contributed by atoms with Crippen LogP contribution >= 0.6 is 0 Å². The van der Waals surface area contributed by atoms with E-state index < -0.39 is 158 Å². The van der Waals surface area contributed by atoms with Crippen molar-refractivity contribution >= 4 is 0 Å². The molecule has 3 saturated heterocycles. The molecule has 67 heavy (non-hydrogen) atoms. The molecule has 7 fully saturated rings. The molecule has 0 amide bonds. The molecule has 0 aromatic heterocycles. The number of rotatable bonds is 13. The van der Waals surface area contributed by atoms with Gasteiger partial charge in [0, 0.05) is 0 Å². The highest BCUT2D eigenvalue weighted by Gasteiger charge is 2.74. The molecular weight excluding hydrogens is 881 g/mol. The van der Waals surface area contributed by atoms with Gasteiger partial charge in [0.25, 0.3) is 0 Å². The zero-order chi connectivity index (χ0) is 49.5. The van der Waals surface area contributed by atoms with Gasteiger partial charge < -0.3 is 94.8 Å². The third kappa shape index (κ3) is 9.03. The molecule has 3 heterocycles. The topological polar surface area (TPSA) is 318 Å². The molecule has 7 aliphatic rings. The maximum atomic E-state index is 12.7. The highest BCUT2D eigenvalue weighted by atomic mass is 16.7. The molecule has 19 nitrogen and oxygen atoms in total. The fourth-order valence-corrected chi connectivity index (χ4v) is 14.9. The average Bonchev–Trinajstić information content (AvgIpc) is 3.66. The van der Waals surface area contributed by atoms with Gasteiger partial charge in [0.1, 0.15) is 73.2 Å². The first-order valence-electron chi connectivity index (χ1n) is 24.5. The van der Waals surface area contributed by atoms with Crippen molar-refractivity contribution < 1.29 is 94.8 Å². The minimum atomic E-state index is -1.83. The summed E-state index contributed by atoms with van der Waals surface area (Å²) < 4.78 is 37.3. The fourth-order valence-electron chi connectivity index (χ4n) is 14.9. The molecular formula is C48H82O19. The first-order chi connectivity index (χ1) is 31.3. The molecule has 0 spiro atoms. The Labute approximate surface area is 393 Å². The highest BCUT2D eigenvalue weighted by molar-refractivity contribution is 5.22. The number of hydrogen-bond acceptors (Lipinski definition) is 19. The number of allylic oxidation sites excluding steroid dienone is 2. The Morgan fingerprint density at radius 3 is 1.76 bits per heavy atom. The van der Waals surface area contributed by atoms with E-state index in [1.807, 2.05) is 34.6 Å². The molecule has 4 aliphatic carbocycles. The fraction of sp³-hybridized carbons (Fsp3) is 0.958. The monoisotopic (exact) mass is 963 g/mol. The predicted octanol–water partition coefficient (Wildman–Crippen LogP) is -1.06. The summed E-state index contributed by atoms with van der Waals surface area (Å²) in [6.45, 7) is 14.5. The van der Waals surface area contributed by atoms with E-state index in [0.29, 0.717) is 51.4 Å². The van der Waals surface area contributed by atoms with E-state index in [1.165, 1.54) is 0 Å². The first kappa shape index (κ1) is 53.8. The second-order valence-corrected chi connectivity index (χ2v) is 23.1. The van der Waals surface area contributed by atoms with Crippen molar-refractivity contribution in [3.05, 3.63) is 11.6 Å². The molecule has 7 rings (SSSR count). The van der Waals surface area contributed by atoms with Crippen molar-refractivity contribution in [1.29, 1.82) is 0 Å².